The Balaban J connectivity index is 1.18. The summed E-state index contributed by atoms with van der Waals surface area (Å²) in [4.78, 5) is 36.9. The lowest BCUT2D eigenvalue weighted by Crippen LogP contribution is -2.36. The van der Waals surface area contributed by atoms with Crippen molar-refractivity contribution in [2.75, 3.05) is 37.7 Å². The number of carbonyl (C=O) groups excluding carboxylic acids is 2. The van der Waals surface area contributed by atoms with E-state index in [4.69, 9.17) is 26.8 Å². The van der Waals surface area contributed by atoms with E-state index in [9.17, 15) is 9.59 Å². The summed E-state index contributed by atoms with van der Waals surface area (Å²) in [5.74, 6) is -0.422. The summed E-state index contributed by atoms with van der Waals surface area (Å²) in [6.07, 6.45) is 2.61. The number of benzene rings is 1. The van der Waals surface area contributed by atoms with Crippen LogP contribution in [0.3, 0.4) is 0 Å². The van der Waals surface area contributed by atoms with Crippen LogP contribution in [0.2, 0.25) is 5.15 Å². The molecule has 3 heterocycles. The second-order valence-corrected chi connectivity index (χ2v) is 10.5. The van der Waals surface area contributed by atoms with Gasteiger partial charge >= 0.3 is 0 Å². The smallest absolute Gasteiger partial charge is 0.261 e. The maximum Gasteiger partial charge on any atom is 0.261 e. The minimum Gasteiger partial charge on any atom is -0.393 e. The van der Waals surface area contributed by atoms with Crippen LogP contribution < -0.4 is 11.1 Å². The summed E-state index contributed by atoms with van der Waals surface area (Å²) >= 11 is 6.07. The second-order valence-electron chi connectivity index (χ2n) is 10.2. The van der Waals surface area contributed by atoms with Crippen molar-refractivity contribution in [3.05, 3.63) is 46.9 Å². The fraction of sp³-hybridized carbons (Fsp3) is 0.520. The van der Waals surface area contributed by atoms with Crippen molar-refractivity contribution in [2.45, 2.75) is 50.7 Å². The van der Waals surface area contributed by atoms with Crippen molar-refractivity contribution < 1.29 is 19.1 Å². The van der Waals surface area contributed by atoms with Crippen LogP contribution >= 0.6 is 11.6 Å². The summed E-state index contributed by atoms with van der Waals surface area (Å²) in [5.41, 5.74) is 7.35. The number of nitrogens with zero attached hydrogens (tertiary/aromatic N) is 4. The van der Waals surface area contributed by atoms with Crippen molar-refractivity contribution in [3.8, 4) is 0 Å². The third kappa shape index (κ3) is 4.66. The van der Waals surface area contributed by atoms with Gasteiger partial charge in [-0.05, 0) is 52.4 Å². The van der Waals surface area contributed by atoms with Crippen LogP contribution in [0.15, 0.2) is 30.6 Å². The zero-order valence-electron chi connectivity index (χ0n) is 20.6. The van der Waals surface area contributed by atoms with E-state index in [0.29, 0.717) is 35.6 Å². The predicted molar refractivity (Wildman–Crippen MR) is 135 cm³/mol. The Morgan fingerprint density at radius 3 is 2.53 bits per heavy atom. The quantitative estimate of drug-likeness (QED) is 0.404. The maximum absolute atomic E-state index is 12.6. The Labute approximate surface area is 215 Å². The topological polar surface area (TPSA) is 123 Å². The molecule has 0 spiro atoms. The number of nitrogens with one attached hydrogen (secondary N) is 1. The van der Waals surface area contributed by atoms with Crippen molar-refractivity contribution in [2.24, 2.45) is 5.92 Å². The van der Waals surface area contributed by atoms with Gasteiger partial charge in [0.15, 0.2) is 16.8 Å². The molecule has 0 radical (unpaired) electrons. The molecule has 11 heteroatoms. The third-order valence-corrected chi connectivity index (χ3v) is 7.39. The molecule has 10 nitrogen and oxygen atoms in total. The highest BCUT2D eigenvalue weighted by molar-refractivity contribution is 6.32. The molecule has 2 amide bonds. The van der Waals surface area contributed by atoms with Crippen LogP contribution in [-0.4, -0.2) is 82.3 Å². The Morgan fingerprint density at radius 1 is 1.17 bits per heavy atom. The number of nitrogen functional groups attached to an aromatic ring is 1. The number of hydrogen-bond donors (Lipinski definition) is 2. The van der Waals surface area contributed by atoms with Gasteiger partial charge in [-0.2, -0.15) is 0 Å². The van der Waals surface area contributed by atoms with E-state index in [0.717, 1.165) is 19.5 Å². The monoisotopic (exact) mass is 514 g/mol. The summed E-state index contributed by atoms with van der Waals surface area (Å²) in [7, 11) is 2.04. The Hall–Kier alpha value is -2.79. The van der Waals surface area contributed by atoms with E-state index in [2.05, 4.69) is 20.2 Å². The summed E-state index contributed by atoms with van der Waals surface area (Å²) < 4.78 is 12.5. The molecule has 1 saturated heterocycles. The highest BCUT2D eigenvalue weighted by atomic mass is 35.5. The van der Waals surface area contributed by atoms with Gasteiger partial charge in [0.2, 0.25) is 0 Å². The Morgan fingerprint density at radius 2 is 1.83 bits per heavy atom. The molecule has 5 rings (SSSR count). The van der Waals surface area contributed by atoms with Gasteiger partial charge in [0, 0.05) is 19.0 Å². The molecule has 4 atom stereocenters. The number of imide groups is 1. The number of rotatable bonds is 8. The molecule has 1 aromatic carbocycles. The molecule has 1 aliphatic carbocycles. The molecule has 3 aliphatic rings. The van der Waals surface area contributed by atoms with Crippen molar-refractivity contribution in [3.63, 3.8) is 0 Å². The number of fused-ring (bicyclic) bond motifs is 2. The van der Waals surface area contributed by atoms with E-state index in [1.807, 2.05) is 20.9 Å². The standard InChI is InChI=1S/C25H31ClN6O4/c1-25(2)35-19-14(11-17(20(19)36-25)30-22-18(27)21(26)28-13-29-22)12-31(3)9-6-10-32-23(33)15-7-4-5-8-16(15)24(32)34/h4-5,7-8,13-14,17,19-20H,6,9-12,27H2,1-3H3,(H,28,29,30). The molecule has 4 unspecified atom stereocenters. The minimum absolute atomic E-state index is 0.0539. The highest BCUT2D eigenvalue weighted by Gasteiger charge is 2.54. The van der Waals surface area contributed by atoms with E-state index < -0.39 is 5.79 Å². The molecule has 2 aromatic rings. The number of halogens is 1. The van der Waals surface area contributed by atoms with Crippen LogP contribution in [0.25, 0.3) is 0 Å². The van der Waals surface area contributed by atoms with Gasteiger partial charge in [0.25, 0.3) is 11.8 Å². The first-order valence-corrected chi connectivity index (χ1v) is 12.5. The van der Waals surface area contributed by atoms with E-state index in [-0.39, 0.29) is 41.1 Å². The minimum atomic E-state index is -0.688. The lowest BCUT2D eigenvalue weighted by atomic mass is 10.0. The first-order chi connectivity index (χ1) is 17.1. The number of amides is 2. The van der Waals surface area contributed by atoms with Gasteiger partial charge in [0.1, 0.15) is 18.1 Å². The Bertz CT molecular complexity index is 1140. The zero-order valence-corrected chi connectivity index (χ0v) is 21.4. The van der Waals surface area contributed by atoms with Gasteiger partial charge < -0.3 is 25.4 Å². The molecule has 2 aliphatic heterocycles. The molecule has 192 valence electrons. The molecule has 1 aromatic heterocycles. The van der Waals surface area contributed by atoms with E-state index >= 15 is 0 Å². The summed E-state index contributed by atoms with van der Waals surface area (Å²) in [5, 5.41) is 3.60. The number of anilines is 2. The van der Waals surface area contributed by atoms with Crippen molar-refractivity contribution >= 4 is 34.9 Å². The van der Waals surface area contributed by atoms with Gasteiger partial charge in [-0.3, -0.25) is 14.5 Å². The number of aromatic nitrogens is 2. The van der Waals surface area contributed by atoms with E-state index in [1.54, 1.807) is 24.3 Å². The SMILES string of the molecule is CN(CCCN1C(=O)c2ccccc2C1=O)CC1CC(Nc2ncnc(Cl)c2N)C2OC(C)(C)OC12. The van der Waals surface area contributed by atoms with Gasteiger partial charge in [-0.1, -0.05) is 23.7 Å². The molecule has 1 saturated carbocycles. The largest absolute Gasteiger partial charge is 0.393 e. The molecule has 0 bridgehead atoms. The first-order valence-electron chi connectivity index (χ1n) is 12.2. The lowest BCUT2D eigenvalue weighted by molar-refractivity contribution is -0.157. The highest BCUT2D eigenvalue weighted by Crippen LogP contribution is 2.43. The zero-order chi connectivity index (χ0) is 25.6. The van der Waals surface area contributed by atoms with Crippen LogP contribution in [0.5, 0.6) is 0 Å². The number of nitrogens with two attached hydrogens (primary N) is 1. The van der Waals surface area contributed by atoms with Crippen LogP contribution in [-0.2, 0) is 9.47 Å². The predicted octanol–water partition coefficient (Wildman–Crippen LogP) is 2.65. The molecule has 2 fully saturated rings. The van der Waals surface area contributed by atoms with Gasteiger partial charge in [0.05, 0.1) is 23.3 Å². The lowest BCUT2D eigenvalue weighted by Gasteiger charge is -2.27. The van der Waals surface area contributed by atoms with Gasteiger partial charge in [-0.25, -0.2) is 9.97 Å². The molecular formula is C25H31ClN6O4. The van der Waals surface area contributed by atoms with Crippen molar-refractivity contribution in [1.29, 1.82) is 0 Å². The number of carbonyl (C=O) groups is 2. The average Bonchev–Trinajstić information content (AvgIpc) is 3.40. The third-order valence-electron chi connectivity index (χ3n) is 7.08. The Kier molecular flexibility index (Phi) is 6.63. The average molecular weight is 515 g/mol. The van der Waals surface area contributed by atoms with E-state index in [1.165, 1.54) is 11.2 Å². The summed E-state index contributed by atoms with van der Waals surface area (Å²) in [6.45, 7) is 5.74. The normalized spacial score (nSPS) is 26.5. The maximum atomic E-state index is 12.6. The molecule has 36 heavy (non-hydrogen) atoms. The number of ether oxygens (including phenoxy) is 2. The first kappa shape index (κ1) is 24.9. The van der Waals surface area contributed by atoms with Crippen LogP contribution in [0, 0.1) is 5.92 Å². The fourth-order valence-electron chi connectivity index (χ4n) is 5.50. The number of hydrogen-bond acceptors (Lipinski definition) is 9. The van der Waals surface area contributed by atoms with Crippen LogP contribution in [0.4, 0.5) is 11.5 Å². The second kappa shape index (κ2) is 9.59. The molecular weight excluding hydrogens is 484 g/mol. The van der Waals surface area contributed by atoms with Crippen molar-refractivity contribution in [1.82, 2.24) is 19.8 Å². The van der Waals surface area contributed by atoms with Gasteiger partial charge in [-0.15, -0.1) is 0 Å². The fourth-order valence-corrected chi connectivity index (χ4v) is 5.64. The molecule has 3 N–H and O–H groups in total. The van der Waals surface area contributed by atoms with Crippen LogP contribution in [0.1, 0.15) is 47.4 Å². The summed E-state index contributed by atoms with van der Waals surface area (Å²) in [6, 6.07) is 6.92.